The summed E-state index contributed by atoms with van der Waals surface area (Å²) in [5, 5.41) is 6.47. The van der Waals surface area contributed by atoms with Crippen molar-refractivity contribution in [3.05, 3.63) is 54.0 Å². The Morgan fingerprint density at radius 2 is 2.17 bits per heavy atom. The van der Waals surface area contributed by atoms with E-state index in [9.17, 15) is 14.0 Å². The van der Waals surface area contributed by atoms with Gasteiger partial charge in [0.25, 0.3) is 0 Å². The minimum Gasteiger partial charge on any atom is -0.369 e. The molecule has 1 amide bonds. The lowest BCUT2D eigenvalue weighted by Crippen LogP contribution is -2.34. The molecule has 0 aliphatic heterocycles. The molecule has 3 rings (SSSR count). The summed E-state index contributed by atoms with van der Waals surface area (Å²) in [6, 6.07) is 4.30. The van der Waals surface area contributed by atoms with Crippen LogP contribution < -0.4 is 16.4 Å². The zero-order valence-corrected chi connectivity index (χ0v) is 17.0. The molecule has 1 aliphatic carbocycles. The second-order valence-electron chi connectivity index (χ2n) is 7.61. The molecule has 0 bridgehead atoms. The molecule has 0 spiro atoms. The van der Waals surface area contributed by atoms with Crippen molar-refractivity contribution < 1.29 is 14.0 Å². The van der Waals surface area contributed by atoms with Gasteiger partial charge in [0, 0.05) is 35.8 Å². The molecule has 0 saturated heterocycles. The van der Waals surface area contributed by atoms with Crippen LogP contribution in [-0.2, 0) is 16.0 Å². The summed E-state index contributed by atoms with van der Waals surface area (Å²) < 4.78 is 13.7. The van der Waals surface area contributed by atoms with Crippen molar-refractivity contribution in [2.24, 2.45) is 11.7 Å². The van der Waals surface area contributed by atoms with E-state index in [0.717, 1.165) is 24.8 Å². The van der Waals surface area contributed by atoms with Gasteiger partial charge in [0.15, 0.2) is 5.78 Å². The van der Waals surface area contributed by atoms with Crippen LogP contribution in [0.25, 0.3) is 0 Å². The molecule has 1 saturated carbocycles. The van der Waals surface area contributed by atoms with E-state index >= 15 is 0 Å². The number of hydrogen-bond donors (Lipinski definition) is 3. The lowest BCUT2D eigenvalue weighted by molar-refractivity contribution is -0.122. The number of benzene rings is 1. The van der Waals surface area contributed by atoms with Crippen LogP contribution in [-0.4, -0.2) is 27.7 Å². The topological polar surface area (TPSA) is 110 Å². The predicted molar refractivity (Wildman–Crippen MR) is 114 cm³/mol. The second kappa shape index (κ2) is 9.47. The number of amides is 1. The molecule has 7 nitrogen and oxygen atoms in total. The molecule has 4 N–H and O–H groups in total. The van der Waals surface area contributed by atoms with E-state index in [4.69, 9.17) is 5.73 Å². The number of primary amides is 1. The number of hydrogen-bond acceptors (Lipinski definition) is 6. The molecular formula is C22H26FN5O2. The molecule has 1 fully saturated rings. The Morgan fingerprint density at radius 3 is 2.90 bits per heavy atom. The van der Waals surface area contributed by atoms with Crippen LogP contribution in [0.15, 0.2) is 37.1 Å². The fourth-order valence-electron chi connectivity index (χ4n) is 3.62. The summed E-state index contributed by atoms with van der Waals surface area (Å²) in [7, 11) is 0. The van der Waals surface area contributed by atoms with Gasteiger partial charge in [0.1, 0.15) is 11.6 Å². The van der Waals surface area contributed by atoms with E-state index in [1.54, 1.807) is 12.3 Å². The van der Waals surface area contributed by atoms with Crippen LogP contribution in [0.1, 0.15) is 36.8 Å². The maximum atomic E-state index is 13.7. The molecule has 1 aliphatic rings. The van der Waals surface area contributed by atoms with Gasteiger partial charge in [-0.25, -0.2) is 9.37 Å². The first kappa shape index (κ1) is 21.4. The Hall–Kier alpha value is -3.29. The maximum absolute atomic E-state index is 13.7. The standard InChI is InChI=1S/C22H26FN5O2/c1-3-18(29)11-15-9-16(23)7-8-19(15)27-21-13(2)12-25-22(28-21)26-17-6-4-5-14(10-17)20(24)30/h3,7-9,12,14,17H,1,4-6,10-11H2,2H3,(H2,24,30)(H2,25,26,27,28). The lowest BCUT2D eigenvalue weighted by Gasteiger charge is -2.28. The Labute approximate surface area is 175 Å². The first-order valence-electron chi connectivity index (χ1n) is 9.96. The van der Waals surface area contributed by atoms with Crippen LogP contribution in [0.3, 0.4) is 0 Å². The van der Waals surface area contributed by atoms with Gasteiger partial charge in [-0.1, -0.05) is 13.0 Å². The largest absolute Gasteiger partial charge is 0.369 e. The molecule has 1 heterocycles. The molecule has 1 aromatic carbocycles. The first-order valence-corrected chi connectivity index (χ1v) is 9.96. The number of rotatable bonds is 8. The van der Waals surface area contributed by atoms with Crippen LogP contribution >= 0.6 is 0 Å². The molecule has 1 aromatic heterocycles. The highest BCUT2D eigenvalue weighted by molar-refractivity contribution is 5.92. The number of aryl methyl sites for hydroxylation is 1. The van der Waals surface area contributed by atoms with Crippen molar-refractivity contribution >= 4 is 29.1 Å². The zero-order valence-electron chi connectivity index (χ0n) is 17.0. The molecule has 8 heteroatoms. The highest BCUT2D eigenvalue weighted by atomic mass is 19.1. The number of nitrogens with two attached hydrogens (primary N) is 1. The fourth-order valence-corrected chi connectivity index (χ4v) is 3.62. The van der Waals surface area contributed by atoms with Gasteiger partial charge >= 0.3 is 0 Å². The van der Waals surface area contributed by atoms with Crippen molar-refractivity contribution in [2.45, 2.75) is 45.1 Å². The van der Waals surface area contributed by atoms with E-state index in [1.165, 1.54) is 18.2 Å². The highest BCUT2D eigenvalue weighted by Gasteiger charge is 2.26. The number of ketones is 1. The summed E-state index contributed by atoms with van der Waals surface area (Å²) >= 11 is 0. The summed E-state index contributed by atoms with van der Waals surface area (Å²) in [5.41, 5.74) is 7.36. The number of nitrogens with one attached hydrogen (secondary N) is 2. The molecule has 30 heavy (non-hydrogen) atoms. The van der Waals surface area contributed by atoms with Crippen molar-refractivity contribution in [3.8, 4) is 0 Å². The first-order chi connectivity index (χ1) is 14.4. The van der Waals surface area contributed by atoms with E-state index < -0.39 is 5.82 Å². The average Bonchev–Trinajstić information content (AvgIpc) is 2.72. The second-order valence-corrected chi connectivity index (χ2v) is 7.61. The van der Waals surface area contributed by atoms with Crippen LogP contribution in [0.2, 0.25) is 0 Å². The third-order valence-corrected chi connectivity index (χ3v) is 5.29. The van der Waals surface area contributed by atoms with E-state index in [0.29, 0.717) is 29.4 Å². The number of carbonyl (C=O) groups excluding carboxylic acids is 2. The molecule has 158 valence electrons. The van der Waals surface area contributed by atoms with E-state index in [-0.39, 0.29) is 30.1 Å². The summed E-state index contributed by atoms with van der Waals surface area (Å²) in [5.74, 6) is -0.0463. The SMILES string of the molecule is C=CC(=O)Cc1cc(F)ccc1Nc1nc(NC2CCCC(C(N)=O)C2)ncc1C. The Kier molecular flexibility index (Phi) is 6.76. The van der Waals surface area contributed by atoms with Gasteiger partial charge in [0.2, 0.25) is 11.9 Å². The van der Waals surface area contributed by atoms with Gasteiger partial charge in [-0.3, -0.25) is 9.59 Å². The number of nitrogens with zero attached hydrogens (tertiary/aromatic N) is 2. The van der Waals surface area contributed by atoms with Gasteiger partial charge in [-0.05, 0) is 56.0 Å². The van der Waals surface area contributed by atoms with Crippen molar-refractivity contribution in [1.29, 1.82) is 0 Å². The zero-order chi connectivity index (χ0) is 21.7. The van der Waals surface area contributed by atoms with Gasteiger partial charge < -0.3 is 16.4 Å². The predicted octanol–water partition coefficient (Wildman–Crippen LogP) is 3.42. The normalized spacial score (nSPS) is 18.5. The molecule has 0 radical (unpaired) electrons. The van der Waals surface area contributed by atoms with Crippen LogP contribution in [0, 0.1) is 18.7 Å². The van der Waals surface area contributed by atoms with Gasteiger partial charge in [-0.2, -0.15) is 4.98 Å². The number of allylic oxidation sites excluding steroid dienone is 1. The fraction of sp³-hybridized carbons (Fsp3) is 0.364. The Morgan fingerprint density at radius 1 is 1.37 bits per heavy atom. The highest BCUT2D eigenvalue weighted by Crippen LogP contribution is 2.27. The lowest BCUT2D eigenvalue weighted by atomic mass is 9.85. The number of aromatic nitrogens is 2. The average molecular weight is 411 g/mol. The van der Waals surface area contributed by atoms with Crippen molar-refractivity contribution in [2.75, 3.05) is 10.6 Å². The molecule has 2 unspecified atom stereocenters. The van der Waals surface area contributed by atoms with E-state index in [1.807, 2.05) is 6.92 Å². The molecule has 2 aromatic rings. The number of carbonyl (C=O) groups is 2. The maximum Gasteiger partial charge on any atom is 0.224 e. The Bertz CT molecular complexity index is 963. The molecular weight excluding hydrogens is 385 g/mol. The minimum absolute atomic E-state index is 0.0371. The Balaban J connectivity index is 1.78. The van der Waals surface area contributed by atoms with Gasteiger partial charge in [0.05, 0.1) is 0 Å². The van der Waals surface area contributed by atoms with Crippen LogP contribution in [0.4, 0.5) is 21.8 Å². The van der Waals surface area contributed by atoms with Crippen molar-refractivity contribution in [3.63, 3.8) is 0 Å². The third-order valence-electron chi connectivity index (χ3n) is 5.29. The van der Waals surface area contributed by atoms with Gasteiger partial charge in [-0.15, -0.1) is 0 Å². The number of halogens is 1. The monoisotopic (exact) mass is 411 g/mol. The summed E-state index contributed by atoms with van der Waals surface area (Å²) in [6.45, 7) is 5.32. The molecule has 2 atom stereocenters. The number of anilines is 3. The quantitative estimate of drug-likeness (QED) is 0.574. The summed E-state index contributed by atoms with van der Waals surface area (Å²) in [4.78, 5) is 32.2. The minimum atomic E-state index is -0.421. The van der Waals surface area contributed by atoms with Crippen molar-refractivity contribution in [1.82, 2.24) is 9.97 Å². The van der Waals surface area contributed by atoms with E-state index in [2.05, 4.69) is 27.2 Å². The third kappa shape index (κ3) is 5.40. The van der Waals surface area contributed by atoms with Crippen LogP contribution in [0.5, 0.6) is 0 Å². The smallest absolute Gasteiger partial charge is 0.224 e. The summed E-state index contributed by atoms with van der Waals surface area (Å²) in [6.07, 6.45) is 6.23.